The summed E-state index contributed by atoms with van der Waals surface area (Å²) >= 11 is 0. The summed E-state index contributed by atoms with van der Waals surface area (Å²) in [6.07, 6.45) is -5.19. The van der Waals surface area contributed by atoms with Gasteiger partial charge in [-0.05, 0) is 64.4 Å². The molecule has 4 rings (SSSR count). The van der Waals surface area contributed by atoms with E-state index in [1.807, 2.05) is 0 Å². The van der Waals surface area contributed by atoms with Crippen molar-refractivity contribution in [2.24, 2.45) is 5.92 Å². The van der Waals surface area contributed by atoms with Crippen LogP contribution in [0, 0.1) is 12.8 Å². The molecule has 1 aliphatic rings. The second-order valence-corrected chi connectivity index (χ2v) is 9.62. The number of fused-ring (bicyclic) bond motifs is 1. The molecule has 192 valence electrons. The summed E-state index contributed by atoms with van der Waals surface area (Å²) in [4.78, 5) is 36.8. The first-order chi connectivity index (χ1) is 16.7. The molecule has 0 bridgehead atoms. The van der Waals surface area contributed by atoms with Crippen LogP contribution in [0.15, 0.2) is 35.1 Å². The number of nitrogens with zero attached hydrogens (tertiary/aromatic N) is 3. The smallest absolute Gasteiger partial charge is 0.433 e. The molecule has 8 nitrogen and oxygen atoms in total. The normalized spacial score (nSPS) is 17.4. The van der Waals surface area contributed by atoms with Crippen molar-refractivity contribution < 1.29 is 27.8 Å². The maximum atomic E-state index is 13.8. The monoisotopic (exact) mass is 504 g/mol. The number of halogens is 3. The number of ether oxygens (including phenoxy) is 1. The topological polar surface area (TPSA) is 108 Å². The Kier molecular flexibility index (Phi) is 6.54. The summed E-state index contributed by atoms with van der Waals surface area (Å²) in [5.41, 5.74) is -2.85. The average molecular weight is 505 g/mol. The van der Waals surface area contributed by atoms with Gasteiger partial charge in [-0.3, -0.25) is 9.59 Å². The number of amides is 1. The van der Waals surface area contributed by atoms with E-state index in [0.717, 1.165) is 6.07 Å². The predicted molar refractivity (Wildman–Crippen MR) is 126 cm³/mol. The number of carbonyl (C=O) groups excluding carboxylic acids is 1. The van der Waals surface area contributed by atoms with Crippen molar-refractivity contribution in [1.29, 1.82) is 0 Å². The van der Waals surface area contributed by atoms with Crippen molar-refractivity contribution in [3.63, 3.8) is 0 Å². The lowest BCUT2D eigenvalue weighted by Crippen LogP contribution is -2.35. The number of hydrogen-bond acceptors (Lipinski definition) is 6. The lowest BCUT2D eigenvalue weighted by molar-refractivity contribution is -0.142. The Labute approximate surface area is 205 Å². The van der Waals surface area contributed by atoms with Crippen LogP contribution >= 0.6 is 0 Å². The number of hydrogen-bond donors (Lipinski definition) is 2. The Morgan fingerprint density at radius 3 is 2.47 bits per heavy atom. The van der Waals surface area contributed by atoms with E-state index in [9.17, 15) is 27.9 Å². The van der Waals surface area contributed by atoms with E-state index >= 15 is 0 Å². The fourth-order valence-corrected chi connectivity index (χ4v) is 4.37. The molecule has 2 atom stereocenters. The molecule has 1 fully saturated rings. The fourth-order valence-electron chi connectivity index (χ4n) is 4.37. The van der Waals surface area contributed by atoms with Crippen LogP contribution in [0.25, 0.3) is 11.0 Å². The first-order valence-electron chi connectivity index (χ1n) is 11.5. The van der Waals surface area contributed by atoms with Gasteiger partial charge in [0, 0.05) is 30.1 Å². The highest BCUT2D eigenvalue weighted by Crippen LogP contribution is 2.36. The van der Waals surface area contributed by atoms with Crippen LogP contribution in [0.5, 0.6) is 5.75 Å². The van der Waals surface area contributed by atoms with E-state index in [1.165, 1.54) is 26.0 Å². The van der Waals surface area contributed by atoms with E-state index < -0.39 is 29.1 Å². The van der Waals surface area contributed by atoms with Gasteiger partial charge in [0.05, 0.1) is 11.0 Å². The maximum absolute atomic E-state index is 13.8. The molecule has 1 aromatic carbocycles. The highest BCUT2D eigenvalue weighted by molar-refractivity contribution is 5.94. The van der Waals surface area contributed by atoms with Gasteiger partial charge in [-0.1, -0.05) is 0 Å². The minimum atomic E-state index is -4.79. The van der Waals surface area contributed by atoms with Crippen molar-refractivity contribution in [2.75, 3.05) is 13.1 Å². The SMILES string of the molecule is Cc1nc2nc(C(F)(F)F)c(C(C)Oc3ccc(C(=O)N4CCC(C(C)(C)O)C4)cc3)cc2c(=O)[nH]1. The number of aromatic nitrogens is 3. The molecular weight excluding hydrogens is 477 g/mol. The summed E-state index contributed by atoms with van der Waals surface area (Å²) < 4.78 is 47.1. The van der Waals surface area contributed by atoms with E-state index in [2.05, 4.69) is 15.0 Å². The summed E-state index contributed by atoms with van der Waals surface area (Å²) in [6.45, 7) is 7.31. The van der Waals surface area contributed by atoms with Gasteiger partial charge in [-0.25, -0.2) is 9.97 Å². The number of aryl methyl sites for hydroxylation is 1. The number of H-pyrrole nitrogens is 1. The van der Waals surface area contributed by atoms with Crippen LogP contribution in [0.4, 0.5) is 13.2 Å². The molecule has 0 radical (unpaired) electrons. The minimum Gasteiger partial charge on any atom is -0.486 e. The Hall–Kier alpha value is -3.47. The van der Waals surface area contributed by atoms with Gasteiger partial charge < -0.3 is 19.7 Å². The molecule has 2 unspecified atom stereocenters. The Balaban J connectivity index is 1.56. The molecule has 1 saturated heterocycles. The summed E-state index contributed by atoms with van der Waals surface area (Å²) in [5.74, 6) is 0.194. The molecule has 2 aromatic heterocycles. The zero-order valence-corrected chi connectivity index (χ0v) is 20.3. The second-order valence-electron chi connectivity index (χ2n) is 9.62. The summed E-state index contributed by atoms with van der Waals surface area (Å²) in [5, 5.41) is 10.1. The van der Waals surface area contributed by atoms with Crippen LogP contribution in [-0.2, 0) is 6.18 Å². The van der Waals surface area contributed by atoms with E-state index in [1.54, 1.807) is 30.9 Å². The number of aromatic amines is 1. The van der Waals surface area contributed by atoms with Gasteiger partial charge in [0.15, 0.2) is 11.3 Å². The number of pyridine rings is 1. The Morgan fingerprint density at radius 1 is 1.22 bits per heavy atom. The lowest BCUT2D eigenvalue weighted by Gasteiger charge is -2.25. The molecule has 1 aliphatic heterocycles. The van der Waals surface area contributed by atoms with E-state index in [4.69, 9.17) is 4.74 Å². The number of benzene rings is 1. The lowest BCUT2D eigenvalue weighted by atomic mass is 9.90. The van der Waals surface area contributed by atoms with Crippen molar-refractivity contribution in [3.05, 3.63) is 63.3 Å². The second kappa shape index (κ2) is 9.20. The molecule has 0 spiro atoms. The number of likely N-dealkylation sites (tertiary alicyclic amines) is 1. The number of aliphatic hydroxyl groups is 1. The third-order valence-corrected chi connectivity index (χ3v) is 6.44. The fraction of sp³-hybridized carbons (Fsp3) is 0.440. The molecule has 0 aliphatic carbocycles. The Morgan fingerprint density at radius 2 is 1.89 bits per heavy atom. The molecule has 2 N–H and O–H groups in total. The molecule has 3 heterocycles. The van der Waals surface area contributed by atoms with Crippen LogP contribution in [0.2, 0.25) is 0 Å². The van der Waals surface area contributed by atoms with Gasteiger partial charge in [0.25, 0.3) is 11.5 Å². The third-order valence-electron chi connectivity index (χ3n) is 6.44. The highest BCUT2D eigenvalue weighted by Gasteiger charge is 2.38. The van der Waals surface area contributed by atoms with Gasteiger partial charge in [-0.15, -0.1) is 0 Å². The van der Waals surface area contributed by atoms with Crippen LogP contribution in [0.3, 0.4) is 0 Å². The molecule has 36 heavy (non-hydrogen) atoms. The first-order valence-corrected chi connectivity index (χ1v) is 11.5. The zero-order chi connectivity index (χ0) is 26.4. The highest BCUT2D eigenvalue weighted by atomic mass is 19.4. The number of nitrogens with one attached hydrogen (secondary N) is 1. The van der Waals surface area contributed by atoms with Gasteiger partial charge >= 0.3 is 6.18 Å². The van der Waals surface area contributed by atoms with Crippen molar-refractivity contribution >= 4 is 16.9 Å². The third kappa shape index (κ3) is 5.20. The standard InChI is InChI=1S/C25H27F3N4O4/c1-13(18-11-19-21(29-14(2)30-22(19)33)31-20(18)25(26,27)28)36-17-7-5-15(6-8-17)23(34)32-10-9-16(12-32)24(3,4)35/h5-8,11,13,16,35H,9-10,12H2,1-4H3,(H,29,30,31,33). The molecule has 1 amide bonds. The molecular formula is C25H27F3N4O4. The minimum absolute atomic E-state index is 0.0188. The first kappa shape index (κ1) is 25.6. The van der Waals surface area contributed by atoms with Gasteiger partial charge in [0.1, 0.15) is 17.7 Å². The van der Waals surface area contributed by atoms with Crippen molar-refractivity contribution in [1.82, 2.24) is 19.9 Å². The number of alkyl halides is 3. The Bertz CT molecular complexity index is 1350. The van der Waals surface area contributed by atoms with Crippen molar-refractivity contribution in [2.45, 2.75) is 52.0 Å². The number of rotatable bonds is 5. The van der Waals surface area contributed by atoms with E-state index in [-0.39, 0.29) is 40.0 Å². The largest absolute Gasteiger partial charge is 0.486 e. The number of carbonyl (C=O) groups is 1. The zero-order valence-electron chi connectivity index (χ0n) is 20.3. The van der Waals surface area contributed by atoms with Crippen LogP contribution in [0.1, 0.15) is 60.7 Å². The van der Waals surface area contributed by atoms with Crippen LogP contribution in [-0.4, -0.2) is 49.6 Å². The average Bonchev–Trinajstić information content (AvgIpc) is 3.28. The maximum Gasteiger partial charge on any atom is 0.433 e. The van der Waals surface area contributed by atoms with Gasteiger partial charge in [0.2, 0.25) is 0 Å². The van der Waals surface area contributed by atoms with E-state index in [0.29, 0.717) is 25.1 Å². The summed E-state index contributed by atoms with van der Waals surface area (Å²) in [7, 11) is 0. The molecule has 3 aromatic rings. The van der Waals surface area contributed by atoms with Crippen molar-refractivity contribution in [3.8, 4) is 5.75 Å². The molecule has 0 saturated carbocycles. The summed E-state index contributed by atoms with van der Waals surface area (Å²) in [6, 6.07) is 7.20. The quantitative estimate of drug-likeness (QED) is 0.544. The van der Waals surface area contributed by atoms with Gasteiger partial charge in [-0.2, -0.15) is 13.2 Å². The predicted octanol–water partition coefficient (Wildman–Crippen LogP) is 4.02. The molecule has 11 heteroatoms. The van der Waals surface area contributed by atoms with Crippen LogP contribution < -0.4 is 10.3 Å².